The van der Waals surface area contributed by atoms with Crippen LogP contribution in [0, 0.1) is 6.92 Å². The fourth-order valence-electron chi connectivity index (χ4n) is 3.65. The predicted molar refractivity (Wildman–Crippen MR) is 103 cm³/mol. The molecular weight excluding hydrogens is 324 g/mol. The molecule has 0 saturated carbocycles. The summed E-state index contributed by atoms with van der Waals surface area (Å²) in [5.74, 6) is 1.91. The van der Waals surface area contributed by atoms with E-state index in [0.717, 1.165) is 36.8 Å². The van der Waals surface area contributed by atoms with E-state index in [1.165, 1.54) is 5.56 Å². The van der Waals surface area contributed by atoms with E-state index < -0.39 is 0 Å². The molecule has 1 aliphatic rings. The summed E-state index contributed by atoms with van der Waals surface area (Å²) in [6, 6.07) is 12.6. The lowest BCUT2D eigenvalue weighted by atomic mass is 10.1. The summed E-state index contributed by atoms with van der Waals surface area (Å²) in [6.45, 7) is 6.32. The molecule has 0 unspecified atom stereocenters. The van der Waals surface area contributed by atoms with E-state index in [9.17, 15) is 0 Å². The normalized spacial score (nSPS) is 18.2. The van der Waals surface area contributed by atoms with Crippen molar-refractivity contribution in [2.75, 3.05) is 18.0 Å². The zero-order valence-electron chi connectivity index (χ0n) is 15.2. The van der Waals surface area contributed by atoms with Crippen LogP contribution in [0.2, 0.25) is 0 Å². The van der Waals surface area contributed by atoms with E-state index in [4.69, 9.17) is 0 Å². The monoisotopic (exact) mass is 348 g/mol. The molecule has 1 saturated heterocycles. The van der Waals surface area contributed by atoms with Crippen molar-refractivity contribution in [3.05, 3.63) is 66.2 Å². The van der Waals surface area contributed by atoms with Gasteiger partial charge < -0.3 is 10.2 Å². The van der Waals surface area contributed by atoms with Gasteiger partial charge in [0.25, 0.3) is 0 Å². The molecule has 0 amide bonds. The highest BCUT2D eigenvalue weighted by Crippen LogP contribution is 2.23. The Balaban J connectivity index is 1.43. The number of anilines is 1. The summed E-state index contributed by atoms with van der Waals surface area (Å²) in [5.41, 5.74) is 2.34. The minimum atomic E-state index is 0.237. The number of nitrogens with one attached hydrogen (secondary N) is 1. The average molecular weight is 348 g/mol. The number of hydrogen-bond donors (Lipinski definition) is 1. The van der Waals surface area contributed by atoms with Crippen molar-refractivity contribution in [2.24, 2.45) is 0 Å². The lowest BCUT2D eigenvalue weighted by Crippen LogP contribution is -2.34. The SMILES string of the molecule is Cc1c([C@H](C)N[C@H]2CCN(c3ccccn3)C2)cnn1-c1ccccn1. The van der Waals surface area contributed by atoms with Gasteiger partial charge in [0.2, 0.25) is 0 Å². The molecule has 0 spiro atoms. The zero-order valence-corrected chi connectivity index (χ0v) is 15.2. The Kier molecular flexibility index (Phi) is 4.67. The zero-order chi connectivity index (χ0) is 17.9. The summed E-state index contributed by atoms with van der Waals surface area (Å²) < 4.78 is 1.91. The number of pyridine rings is 2. The van der Waals surface area contributed by atoms with Gasteiger partial charge in [-0.05, 0) is 44.5 Å². The van der Waals surface area contributed by atoms with Crippen LogP contribution in [-0.4, -0.2) is 38.9 Å². The lowest BCUT2D eigenvalue weighted by Gasteiger charge is -2.21. The highest BCUT2D eigenvalue weighted by atomic mass is 15.3. The Morgan fingerprint density at radius 2 is 1.81 bits per heavy atom. The van der Waals surface area contributed by atoms with Crippen LogP contribution in [0.1, 0.15) is 30.6 Å². The second-order valence-electron chi connectivity index (χ2n) is 6.79. The van der Waals surface area contributed by atoms with Gasteiger partial charge in [0, 0.05) is 48.8 Å². The van der Waals surface area contributed by atoms with Crippen LogP contribution in [0.3, 0.4) is 0 Å². The Morgan fingerprint density at radius 3 is 2.50 bits per heavy atom. The van der Waals surface area contributed by atoms with E-state index >= 15 is 0 Å². The van der Waals surface area contributed by atoms with Gasteiger partial charge in [0.05, 0.1) is 6.20 Å². The van der Waals surface area contributed by atoms with E-state index in [0.29, 0.717) is 6.04 Å². The summed E-state index contributed by atoms with van der Waals surface area (Å²) in [7, 11) is 0. The second-order valence-corrected chi connectivity index (χ2v) is 6.79. The van der Waals surface area contributed by atoms with Crippen molar-refractivity contribution in [2.45, 2.75) is 32.4 Å². The van der Waals surface area contributed by atoms with Gasteiger partial charge in [-0.3, -0.25) is 0 Å². The molecule has 134 valence electrons. The van der Waals surface area contributed by atoms with E-state index in [-0.39, 0.29) is 6.04 Å². The minimum Gasteiger partial charge on any atom is -0.355 e. The maximum atomic E-state index is 4.54. The van der Waals surface area contributed by atoms with Crippen LogP contribution in [0.25, 0.3) is 5.82 Å². The van der Waals surface area contributed by atoms with Gasteiger partial charge in [0.1, 0.15) is 5.82 Å². The van der Waals surface area contributed by atoms with Gasteiger partial charge in [0.15, 0.2) is 5.82 Å². The van der Waals surface area contributed by atoms with Crippen LogP contribution in [0.15, 0.2) is 55.0 Å². The molecule has 1 N–H and O–H groups in total. The molecule has 1 aliphatic heterocycles. The third-order valence-electron chi connectivity index (χ3n) is 5.03. The fraction of sp³-hybridized carbons (Fsp3) is 0.350. The van der Waals surface area contributed by atoms with Crippen molar-refractivity contribution in [3.8, 4) is 5.82 Å². The topological polar surface area (TPSA) is 58.9 Å². The highest BCUT2D eigenvalue weighted by Gasteiger charge is 2.25. The van der Waals surface area contributed by atoms with E-state index in [1.807, 2.05) is 47.4 Å². The summed E-state index contributed by atoms with van der Waals surface area (Å²) in [4.78, 5) is 11.2. The van der Waals surface area contributed by atoms with Gasteiger partial charge in [-0.25, -0.2) is 14.6 Å². The van der Waals surface area contributed by atoms with Crippen LogP contribution in [-0.2, 0) is 0 Å². The van der Waals surface area contributed by atoms with Crippen LogP contribution < -0.4 is 10.2 Å². The number of hydrogen-bond acceptors (Lipinski definition) is 5. The maximum absolute atomic E-state index is 4.54. The first-order valence-electron chi connectivity index (χ1n) is 9.10. The summed E-state index contributed by atoms with van der Waals surface area (Å²) in [5, 5.41) is 8.30. The third kappa shape index (κ3) is 3.32. The Bertz CT molecular complexity index is 845. The Labute approximate surface area is 153 Å². The molecule has 0 aliphatic carbocycles. The molecule has 4 rings (SSSR count). The summed E-state index contributed by atoms with van der Waals surface area (Å²) in [6.07, 6.45) is 6.72. The first-order valence-corrected chi connectivity index (χ1v) is 9.10. The Hall–Kier alpha value is -2.73. The average Bonchev–Trinajstić information content (AvgIpc) is 3.30. The number of nitrogens with zero attached hydrogens (tertiary/aromatic N) is 5. The molecule has 6 nitrogen and oxygen atoms in total. The Morgan fingerprint density at radius 1 is 1.08 bits per heavy atom. The first kappa shape index (κ1) is 16.7. The van der Waals surface area contributed by atoms with Crippen LogP contribution in [0.4, 0.5) is 5.82 Å². The van der Waals surface area contributed by atoms with E-state index in [2.05, 4.69) is 45.2 Å². The molecule has 2 atom stereocenters. The molecule has 3 aromatic rings. The first-order chi connectivity index (χ1) is 12.7. The molecule has 1 fully saturated rings. The van der Waals surface area contributed by atoms with Crippen LogP contribution >= 0.6 is 0 Å². The lowest BCUT2D eigenvalue weighted by molar-refractivity contribution is 0.479. The van der Waals surface area contributed by atoms with E-state index in [1.54, 1.807) is 6.20 Å². The predicted octanol–water partition coefficient (Wildman–Crippen LogP) is 2.90. The standard InChI is InChI=1S/C20H24N6/c1-15(18-13-23-26(16(18)2)20-8-4-6-11-22-20)24-17-9-12-25(14-17)19-7-3-5-10-21-19/h3-8,10-11,13,15,17,24H,9,12,14H2,1-2H3/t15-,17-/m0/s1. The number of rotatable bonds is 5. The summed E-state index contributed by atoms with van der Waals surface area (Å²) >= 11 is 0. The fourth-order valence-corrected chi connectivity index (χ4v) is 3.65. The van der Waals surface area contributed by atoms with Crippen molar-refractivity contribution in [1.82, 2.24) is 25.1 Å². The van der Waals surface area contributed by atoms with Gasteiger partial charge >= 0.3 is 0 Å². The van der Waals surface area contributed by atoms with Crippen molar-refractivity contribution in [3.63, 3.8) is 0 Å². The maximum Gasteiger partial charge on any atom is 0.153 e. The molecule has 0 bridgehead atoms. The molecule has 0 radical (unpaired) electrons. The minimum absolute atomic E-state index is 0.237. The van der Waals surface area contributed by atoms with Crippen LogP contribution in [0.5, 0.6) is 0 Å². The molecule has 0 aromatic carbocycles. The number of aromatic nitrogens is 4. The molecule has 4 heterocycles. The third-order valence-corrected chi connectivity index (χ3v) is 5.03. The molecule has 3 aromatic heterocycles. The van der Waals surface area contributed by atoms with Gasteiger partial charge in [-0.2, -0.15) is 5.10 Å². The molecular formula is C20H24N6. The van der Waals surface area contributed by atoms with Gasteiger partial charge in [-0.1, -0.05) is 12.1 Å². The quantitative estimate of drug-likeness (QED) is 0.768. The molecule has 6 heteroatoms. The van der Waals surface area contributed by atoms with Crippen molar-refractivity contribution >= 4 is 5.82 Å². The largest absolute Gasteiger partial charge is 0.355 e. The smallest absolute Gasteiger partial charge is 0.153 e. The molecule has 26 heavy (non-hydrogen) atoms. The van der Waals surface area contributed by atoms with Crippen molar-refractivity contribution in [1.29, 1.82) is 0 Å². The van der Waals surface area contributed by atoms with Gasteiger partial charge in [-0.15, -0.1) is 0 Å². The van der Waals surface area contributed by atoms with Crippen molar-refractivity contribution < 1.29 is 0 Å². The highest BCUT2D eigenvalue weighted by molar-refractivity contribution is 5.39. The second kappa shape index (κ2) is 7.25.